The van der Waals surface area contributed by atoms with Gasteiger partial charge in [0, 0.05) is 14.5 Å². The van der Waals surface area contributed by atoms with E-state index in [1.54, 1.807) is 25.1 Å². The van der Waals surface area contributed by atoms with Crippen LogP contribution >= 0.6 is 31.9 Å². The summed E-state index contributed by atoms with van der Waals surface area (Å²) in [5.74, 6) is -2.08. The van der Waals surface area contributed by atoms with Crippen molar-refractivity contribution in [3.05, 3.63) is 32.7 Å². The van der Waals surface area contributed by atoms with Gasteiger partial charge in [0.05, 0.1) is 20.1 Å². The van der Waals surface area contributed by atoms with Crippen molar-refractivity contribution in [3.63, 3.8) is 0 Å². The van der Waals surface area contributed by atoms with Gasteiger partial charge in [0.1, 0.15) is 6.04 Å². The molecular formula is C15H17Br2NO5. The van der Waals surface area contributed by atoms with Crippen LogP contribution in [0.2, 0.25) is 0 Å². The van der Waals surface area contributed by atoms with E-state index in [4.69, 9.17) is 0 Å². The molecule has 0 fully saturated rings. The highest BCUT2D eigenvalue weighted by Crippen LogP contribution is 2.20. The van der Waals surface area contributed by atoms with E-state index >= 15 is 0 Å². The predicted octanol–water partition coefficient (Wildman–Crippen LogP) is 2.68. The van der Waals surface area contributed by atoms with Crippen molar-refractivity contribution in [1.82, 2.24) is 5.32 Å². The van der Waals surface area contributed by atoms with Crippen LogP contribution in [0.15, 0.2) is 27.1 Å². The number of hydrogen-bond donors (Lipinski definition) is 1. The number of halogens is 2. The lowest BCUT2D eigenvalue weighted by Gasteiger charge is -2.19. The van der Waals surface area contributed by atoms with E-state index in [0.29, 0.717) is 5.56 Å². The summed E-state index contributed by atoms with van der Waals surface area (Å²) in [7, 11) is 2.49. The summed E-state index contributed by atoms with van der Waals surface area (Å²) in [5, 5.41) is 2.59. The first kappa shape index (κ1) is 19.6. The molecule has 0 radical (unpaired) electrons. The third kappa shape index (κ3) is 5.95. The fourth-order valence-corrected chi connectivity index (χ4v) is 3.23. The molecule has 1 N–H and O–H groups in total. The number of methoxy groups -OCH3 is 2. The van der Waals surface area contributed by atoms with E-state index in [-0.39, 0.29) is 6.42 Å². The molecule has 0 heterocycles. The van der Waals surface area contributed by atoms with Gasteiger partial charge in [-0.2, -0.15) is 0 Å². The van der Waals surface area contributed by atoms with Crippen LogP contribution in [0.1, 0.15) is 23.7 Å². The molecule has 0 spiro atoms. The van der Waals surface area contributed by atoms with Crippen LogP contribution in [0.4, 0.5) is 0 Å². The third-order valence-electron chi connectivity index (χ3n) is 3.11. The van der Waals surface area contributed by atoms with E-state index in [1.165, 1.54) is 14.2 Å². The van der Waals surface area contributed by atoms with Gasteiger partial charge in [-0.3, -0.25) is 9.59 Å². The van der Waals surface area contributed by atoms with Crippen LogP contribution in [0.5, 0.6) is 0 Å². The lowest BCUT2D eigenvalue weighted by molar-refractivity contribution is -0.147. The van der Waals surface area contributed by atoms with E-state index in [0.717, 1.165) is 8.95 Å². The van der Waals surface area contributed by atoms with E-state index in [1.807, 2.05) is 0 Å². The Morgan fingerprint density at radius 3 is 2.04 bits per heavy atom. The molecule has 6 nitrogen and oxygen atoms in total. The molecule has 1 aromatic carbocycles. The van der Waals surface area contributed by atoms with Gasteiger partial charge < -0.3 is 14.8 Å². The van der Waals surface area contributed by atoms with Gasteiger partial charge in [-0.15, -0.1) is 0 Å². The molecule has 1 rings (SSSR count). The first-order valence-corrected chi connectivity index (χ1v) is 8.29. The Morgan fingerprint density at radius 1 is 1.04 bits per heavy atom. The van der Waals surface area contributed by atoms with Crippen molar-refractivity contribution in [2.75, 3.05) is 14.2 Å². The second-order valence-corrected chi connectivity index (χ2v) is 6.70. The monoisotopic (exact) mass is 449 g/mol. The molecule has 0 aliphatic heterocycles. The molecule has 0 aliphatic carbocycles. The zero-order valence-corrected chi connectivity index (χ0v) is 16.1. The standard InChI is InChI=1S/C15H17Br2NO5/c1-8(14(20)22-2)4-12(15(21)23-3)18-13(19)9-5-10(16)7-11(17)6-9/h5-8,12H,4H2,1-3H3,(H,18,19)/t8-,12+/m1/s1. The maximum atomic E-state index is 12.3. The molecule has 0 saturated carbocycles. The molecular weight excluding hydrogens is 434 g/mol. The van der Waals surface area contributed by atoms with Crippen molar-refractivity contribution in [2.24, 2.45) is 5.92 Å². The van der Waals surface area contributed by atoms with Crippen molar-refractivity contribution in [2.45, 2.75) is 19.4 Å². The van der Waals surface area contributed by atoms with E-state index in [9.17, 15) is 14.4 Å². The molecule has 8 heteroatoms. The summed E-state index contributed by atoms with van der Waals surface area (Å²) >= 11 is 6.59. The summed E-state index contributed by atoms with van der Waals surface area (Å²) in [5.41, 5.74) is 0.367. The SMILES string of the molecule is COC(=O)[C@H](C)C[C@H](NC(=O)c1cc(Br)cc(Br)c1)C(=O)OC. The largest absolute Gasteiger partial charge is 0.469 e. The second kappa shape index (κ2) is 9.02. The highest BCUT2D eigenvalue weighted by molar-refractivity contribution is 9.11. The van der Waals surface area contributed by atoms with E-state index in [2.05, 4.69) is 46.7 Å². The zero-order chi connectivity index (χ0) is 17.6. The minimum atomic E-state index is -0.945. The molecule has 0 unspecified atom stereocenters. The summed E-state index contributed by atoms with van der Waals surface area (Å²) in [6.07, 6.45) is 0.0836. The average Bonchev–Trinajstić information content (AvgIpc) is 2.51. The molecule has 1 amide bonds. The first-order chi connectivity index (χ1) is 10.8. The quantitative estimate of drug-likeness (QED) is 0.673. The molecule has 0 bridgehead atoms. The number of carbonyl (C=O) groups is 3. The van der Waals surface area contributed by atoms with Gasteiger partial charge in [-0.05, 0) is 24.6 Å². The van der Waals surface area contributed by atoms with Crippen molar-refractivity contribution in [1.29, 1.82) is 0 Å². The van der Waals surface area contributed by atoms with Crippen LogP contribution in [0.3, 0.4) is 0 Å². The number of hydrogen-bond acceptors (Lipinski definition) is 5. The number of rotatable bonds is 6. The molecule has 23 heavy (non-hydrogen) atoms. The predicted molar refractivity (Wildman–Crippen MR) is 90.9 cm³/mol. The molecule has 2 atom stereocenters. The summed E-state index contributed by atoms with van der Waals surface area (Å²) in [6.45, 7) is 1.61. The number of benzene rings is 1. The number of nitrogens with one attached hydrogen (secondary N) is 1. The Hall–Kier alpha value is -1.41. The van der Waals surface area contributed by atoms with Gasteiger partial charge in [0.2, 0.25) is 0 Å². The smallest absolute Gasteiger partial charge is 0.328 e. The highest BCUT2D eigenvalue weighted by atomic mass is 79.9. The Balaban J connectivity index is 2.90. The van der Waals surface area contributed by atoms with Gasteiger partial charge in [0.25, 0.3) is 5.91 Å². The summed E-state index contributed by atoms with van der Waals surface area (Å²) in [6, 6.07) is 4.09. The normalized spacial score (nSPS) is 12.9. The van der Waals surface area contributed by atoms with Gasteiger partial charge in [-0.1, -0.05) is 38.8 Å². The van der Waals surface area contributed by atoms with Crippen LogP contribution in [0.25, 0.3) is 0 Å². The fraction of sp³-hybridized carbons (Fsp3) is 0.400. The topological polar surface area (TPSA) is 81.7 Å². The van der Waals surface area contributed by atoms with Gasteiger partial charge in [-0.25, -0.2) is 4.79 Å². The summed E-state index contributed by atoms with van der Waals surface area (Å²) < 4.78 is 10.8. The maximum absolute atomic E-state index is 12.3. The van der Waals surface area contributed by atoms with Gasteiger partial charge in [0.15, 0.2) is 0 Å². The zero-order valence-electron chi connectivity index (χ0n) is 12.9. The number of carbonyl (C=O) groups excluding carboxylic acids is 3. The number of esters is 2. The second-order valence-electron chi connectivity index (χ2n) is 4.87. The third-order valence-corrected chi connectivity index (χ3v) is 4.02. The van der Waals surface area contributed by atoms with Crippen LogP contribution in [0, 0.1) is 5.92 Å². The summed E-state index contributed by atoms with van der Waals surface area (Å²) in [4.78, 5) is 35.7. The number of amides is 1. The molecule has 126 valence electrons. The Morgan fingerprint density at radius 2 is 1.57 bits per heavy atom. The minimum absolute atomic E-state index is 0.0836. The van der Waals surface area contributed by atoms with Crippen LogP contribution in [-0.4, -0.2) is 38.1 Å². The Labute approximate surface area is 151 Å². The lowest BCUT2D eigenvalue weighted by Crippen LogP contribution is -2.43. The first-order valence-electron chi connectivity index (χ1n) is 6.71. The highest BCUT2D eigenvalue weighted by Gasteiger charge is 2.27. The molecule has 0 aromatic heterocycles. The molecule has 0 saturated heterocycles. The Bertz CT molecular complexity index is 585. The molecule has 0 aliphatic rings. The van der Waals surface area contributed by atoms with Crippen LogP contribution in [-0.2, 0) is 19.1 Å². The lowest BCUT2D eigenvalue weighted by atomic mass is 10.0. The fourth-order valence-electron chi connectivity index (χ4n) is 1.93. The number of ether oxygens (including phenoxy) is 2. The maximum Gasteiger partial charge on any atom is 0.328 e. The van der Waals surface area contributed by atoms with Crippen molar-refractivity contribution < 1.29 is 23.9 Å². The van der Waals surface area contributed by atoms with Gasteiger partial charge >= 0.3 is 11.9 Å². The average molecular weight is 451 g/mol. The molecule has 1 aromatic rings. The van der Waals surface area contributed by atoms with Crippen LogP contribution < -0.4 is 5.32 Å². The minimum Gasteiger partial charge on any atom is -0.469 e. The van der Waals surface area contributed by atoms with Crippen molar-refractivity contribution >= 4 is 49.7 Å². The van der Waals surface area contributed by atoms with Crippen molar-refractivity contribution in [3.8, 4) is 0 Å². The van der Waals surface area contributed by atoms with E-state index < -0.39 is 29.8 Å². The Kier molecular flexibility index (Phi) is 7.70.